The van der Waals surface area contributed by atoms with Crippen molar-refractivity contribution in [3.05, 3.63) is 40.8 Å². The molecule has 1 aromatic heterocycles. The van der Waals surface area contributed by atoms with Crippen molar-refractivity contribution in [2.45, 2.75) is 94.6 Å². The molecule has 38 heavy (non-hydrogen) atoms. The minimum absolute atomic E-state index is 0.00371. The highest BCUT2D eigenvalue weighted by Crippen LogP contribution is 2.41. The summed E-state index contributed by atoms with van der Waals surface area (Å²) in [5, 5.41) is 2.83. The molecule has 1 unspecified atom stereocenters. The number of nitrogens with zero attached hydrogens (tertiary/aromatic N) is 3. The number of aromatic amines is 1. The van der Waals surface area contributed by atoms with Gasteiger partial charge in [-0.3, -0.25) is 14.3 Å². The fraction of sp³-hybridized carbons (Fsp3) is 0.593. The summed E-state index contributed by atoms with van der Waals surface area (Å²) in [6.07, 6.45) is 8.52. The van der Waals surface area contributed by atoms with E-state index in [1.165, 1.54) is 4.90 Å². The number of nitrogens with one attached hydrogen (secondary N) is 2. The van der Waals surface area contributed by atoms with E-state index < -0.39 is 15.1 Å². The number of methoxy groups -OCH3 is 1. The van der Waals surface area contributed by atoms with Gasteiger partial charge in [0.1, 0.15) is 17.3 Å². The Morgan fingerprint density at radius 2 is 1.89 bits per heavy atom. The van der Waals surface area contributed by atoms with Crippen molar-refractivity contribution in [2.75, 3.05) is 12.0 Å². The summed E-state index contributed by atoms with van der Waals surface area (Å²) in [5.74, 6) is 2.31. The molecule has 2 saturated carbocycles. The Hall–Kier alpha value is -2.92. The van der Waals surface area contributed by atoms with Crippen LogP contribution in [0.3, 0.4) is 0 Å². The summed E-state index contributed by atoms with van der Waals surface area (Å²) < 4.78 is 42.0. The fourth-order valence-corrected chi connectivity index (χ4v) is 6.73. The summed E-state index contributed by atoms with van der Waals surface area (Å²) in [4.78, 5) is 24.4. The first-order valence-electron chi connectivity index (χ1n) is 13.5. The Kier molecular flexibility index (Phi) is 7.25. The molecule has 10 nitrogen and oxygen atoms in total. The topological polar surface area (TPSA) is 137 Å². The van der Waals surface area contributed by atoms with Crippen LogP contribution in [0.15, 0.2) is 23.2 Å². The van der Waals surface area contributed by atoms with Crippen molar-refractivity contribution >= 4 is 28.1 Å². The number of benzene rings is 1. The van der Waals surface area contributed by atoms with Crippen LogP contribution in [0.2, 0.25) is 0 Å². The average Bonchev–Trinajstić information content (AvgIpc) is 3.66. The smallest absolute Gasteiger partial charge is 0.316 e. The van der Waals surface area contributed by atoms with Gasteiger partial charge in [0, 0.05) is 12.5 Å². The van der Waals surface area contributed by atoms with Crippen molar-refractivity contribution in [2.24, 2.45) is 4.99 Å². The maximum absolute atomic E-state index is 13.0. The molecule has 1 atom stereocenters. The van der Waals surface area contributed by atoms with Crippen molar-refractivity contribution < 1.29 is 22.5 Å². The number of aliphatic imine (C=N–C) groups is 1. The lowest BCUT2D eigenvalue weighted by Gasteiger charge is -2.42. The Balaban J connectivity index is 1.64. The second kappa shape index (κ2) is 10.3. The summed E-state index contributed by atoms with van der Waals surface area (Å²) in [6.45, 7) is 3.97. The third-order valence-corrected chi connectivity index (χ3v) is 9.27. The van der Waals surface area contributed by atoms with Crippen LogP contribution >= 0.6 is 0 Å². The Morgan fingerprint density at radius 1 is 1.21 bits per heavy atom. The maximum Gasteiger partial charge on any atom is 0.316 e. The van der Waals surface area contributed by atoms with Crippen LogP contribution in [-0.2, 0) is 21.5 Å². The summed E-state index contributed by atoms with van der Waals surface area (Å²) in [5.41, 5.74) is 2.37. The number of rotatable bonds is 8. The number of anilines is 1. The van der Waals surface area contributed by atoms with Gasteiger partial charge >= 0.3 is 15.1 Å². The SMILES string of the molecule is COc1ccc(CN2c3nc(C(C)C)[nH]c3C(=NC3CCCC3)NC2(C=O)S(=O)(=O)O)cc1C1CCCC1. The highest BCUT2D eigenvalue weighted by molar-refractivity contribution is 7.88. The molecule has 0 radical (unpaired) electrons. The van der Waals surface area contributed by atoms with E-state index in [1.54, 1.807) is 7.11 Å². The number of amidine groups is 1. The van der Waals surface area contributed by atoms with Crippen molar-refractivity contribution in [3.8, 4) is 5.75 Å². The second-order valence-electron chi connectivity index (χ2n) is 10.9. The summed E-state index contributed by atoms with van der Waals surface area (Å²) in [7, 11) is -3.33. The molecule has 5 rings (SSSR count). The predicted octanol–water partition coefficient (Wildman–Crippen LogP) is 4.24. The van der Waals surface area contributed by atoms with Crippen LogP contribution in [0.4, 0.5) is 5.82 Å². The largest absolute Gasteiger partial charge is 0.496 e. The van der Waals surface area contributed by atoms with Gasteiger partial charge in [-0.05, 0) is 48.8 Å². The van der Waals surface area contributed by atoms with E-state index in [4.69, 9.17) is 14.7 Å². The minimum Gasteiger partial charge on any atom is -0.496 e. The van der Waals surface area contributed by atoms with E-state index >= 15 is 0 Å². The lowest BCUT2D eigenvalue weighted by Crippen LogP contribution is -2.69. The molecule has 11 heteroatoms. The zero-order chi connectivity index (χ0) is 27.1. The number of fused-ring (bicyclic) bond motifs is 1. The first-order chi connectivity index (χ1) is 18.2. The normalized spacial score (nSPS) is 23.7. The standard InChI is InChI=1S/C27H37N5O5S/c1-17(2)24-29-23-25(28-20-10-6-7-11-20)31-27(16-33,38(34,35)36)32(26(23)30-24)15-18-12-13-22(37-3)21(14-18)19-8-4-5-9-19/h12-14,16-17,19-20H,4-11,15H2,1-3H3,(H,28,31)(H,29,30)(H,34,35,36). The highest BCUT2D eigenvalue weighted by atomic mass is 32.2. The maximum atomic E-state index is 13.0. The molecule has 206 valence electrons. The predicted molar refractivity (Wildman–Crippen MR) is 145 cm³/mol. The second-order valence-corrected chi connectivity index (χ2v) is 12.5. The molecule has 1 aliphatic heterocycles. The van der Waals surface area contributed by atoms with Crippen molar-refractivity contribution in [1.82, 2.24) is 15.3 Å². The first-order valence-corrected chi connectivity index (χ1v) is 14.9. The molecule has 3 N–H and O–H groups in total. The number of hydrogen-bond acceptors (Lipinski definition) is 7. The molecule has 0 spiro atoms. The van der Waals surface area contributed by atoms with Gasteiger partial charge in [0.2, 0.25) is 0 Å². The molecule has 2 heterocycles. The van der Waals surface area contributed by atoms with Crippen LogP contribution in [-0.4, -0.2) is 53.2 Å². The molecule has 3 aliphatic rings. The summed E-state index contributed by atoms with van der Waals surface area (Å²) in [6, 6.07) is 5.76. The number of hydrogen-bond donors (Lipinski definition) is 3. The Labute approximate surface area is 224 Å². The van der Waals surface area contributed by atoms with Gasteiger partial charge in [0.05, 0.1) is 13.2 Å². The third-order valence-electron chi connectivity index (χ3n) is 8.06. The molecule has 0 saturated heterocycles. The number of H-pyrrole nitrogens is 1. The minimum atomic E-state index is -4.98. The Morgan fingerprint density at radius 3 is 2.50 bits per heavy atom. The zero-order valence-corrected chi connectivity index (χ0v) is 23.1. The number of aldehydes is 1. The first kappa shape index (κ1) is 26.7. The molecule has 0 bridgehead atoms. The Bertz CT molecular complexity index is 1330. The number of ether oxygens (including phenoxy) is 1. The van der Waals surface area contributed by atoms with E-state index in [0.717, 1.165) is 68.2 Å². The number of aromatic nitrogens is 2. The fourth-order valence-electron chi connectivity index (χ4n) is 5.96. The van der Waals surface area contributed by atoms with E-state index in [0.29, 0.717) is 17.4 Å². The van der Waals surface area contributed by atoms with E-state index in [-0.39, 0.29) is 36.4 Å². The van der Waals surface area contributed by atoms with Crippen molar-refractivity contribution in [1.29, 1.82) is 0 Å². The van der Waals surface area contributed by atoms with Crippen LogP contribution in [0, 0.1) is 0 Å². The number of carbonyl (C=O) groups excluding carboxylic acids is 1. The number of imidazole rings is 1. The quantitative estimate of drug-likeness (QED) is 0.332. The molecule has 2 aliphatic carbocycles. The lowest BCUT2D eigenvalue weighted by atomic mass is 9.94. The molecular formula is C27H37N5O5S. The molecule has 2 aromatic rings. The highest BCUT2D eigenvalue weighted by Gasteiger charge is 2.55. The van der Waals surface area contributed by atoms with E-state index in [1.807, 2.05) is 32.0 Å². The van der Waals surface area contributed by atoms with Gasteiger partial charge in [-0.15, -0.1) is 0 Å². The van der Waals surface area contributed by atoms with Gasteiger partial charge in [-0.2, -0.15) is 8.42 Å². The molecule has 0 amide bonds. The summed E-state index contributed by atoms with van der Waals surface area (Å²) >= 11 is 0. The molecular weight excluding hydrogens is 506 g/mol. The zero-order valence-electron chi connectivity index (χ0n) is 22.2. The van der Waals surface area contributed by atoms with Gasteiger partial charge in [0.25, 0.3) is 0 Å². The lowest BCUT2D eigenvalue weighted by molar-refractivity contribution is -0.110. The van der Waals surface area contributed by atoms with Crippen LogP contribution < -0.4 is 15.0 Å². The van der Waals surface area contributed by atoms with Gasteiger partial charge in [-0.25, -0.2) is 4.98 Å². The van der Waals surface area contributed by atoms with Crippen LogP contribution in [0.25, 0.3) is 0 Å². The van der Waals surface area contributed by atoms with Crippen LogP contribution in [0.1, 0.15) is 99.7 Å². The average molecular weight is 544 g/mol. The van der Waals surface area contributed by atoms with E-state index in [2.05, 4.69) is 10.3 Å². The number of carbonyl (C=O) groups is 1. The van der Waals surface area contributed by atoms with Gasteiger partial charge < -0.3 is 19.9 Å². The van der Waals surface area contributed by atoms with Crippen molar-refractivity contribution in [3.63, 3.8) is 0 Å². The van der Waals surface area contributed by atoms with Gasteiger partial charge in [0.15, 0.2) is 17.9 Å². The van der Waals surface area contributed by atoms with Gasteiger partial charge in [-0.1, -0.05) is 51.7 Å². The monoisotopic (exact) mass is 543 g/mol. The van der Waals surface area contributed by atoms with E-state index in [9.17, 15) is 17.8 Å². The molecule has 1 aromatic carbocycles. The molecule has 2 fully saturated rings. The third kappa shape index (κ3) is 4.70. The van der Waals surface area contributed by atoms with Crippen LogP contribution in [0.5, 0.6) is 5.75 Å².